The lowest BCUT2D eigenvalue weighted by molar-refractivity contribution is 0.0970. The minimum absolute atomic E-state index is 0.0504. The normalized spacial score (nSPS) is 15.6. The van der Waals surface area contributed by atoms with Crippen molar-refractivity contribution in [3.63, 3.8) is 0 Å². The van der Waals surface area contributed by atoms with E-state index in [1.165, 1.54) is 17.0 Å². The third-order valence-corrected chi connectivity index (χ3v) is 5.73. The van der Waals surface area contributed by atoms with E-state index in [4.69, 9.17) is 27.6 Å². The van der Waals surface area contributed by atoms with E-state index >= 15 is 0 Å². The van der Waals surface area contributed by atoms with Gasteiger partial charge in [0.05, 0.1) is 27.0 Å². The van der Waals surface area contributed by atoms with Crippen molar-refractivity contribution in [2.75, 3.05) is 4.90 Å². The Kier molecular flexibility index (Phi) is 4.34. The lowest BCUT2D eigenvalue weighted by Crippen LogP contribution is -2.30. The lowest BCUT2D eigenvalue weighted by atomic mass is 9.98. The summed E-state index contributed by atoms with van der Waals surface area (Å²) in [5.74, 6) is -0.879. The van der Waals surface area contributed by atoms with E-state index in [0.29, 0.717) is 16.4 Å². The molecule has 0 bridgehead atoms. The van der Waals surface area contributed by atoms with Crippen molar-refractivity contribution in [1.82, 2.24) is 4.98 Å². The van der Waals surface area contributed by atoms with Gasteiger partial charge in [0.25, 0.3) is 5.91 Å². The highest BCUT2D eigenvalue weighted by Crippen LogP contribution is 2.41. The van der Waals surface area contributed by atoms with Crippen LogP contribution < -0.4 is 10.3 Å². The van der Waals surface area contributed by atoms with Crippen LogP contribution in [-0.4, -0.2) is 10.9 Å². The highest BCUT2D eigenvalue weighted by Gasteiger charge is 2.44. The van der Waals surface area contributed by atoms with Gasteiger partial charge in [0, 0.05) is 6.20 Å². The largest absolute Gasteiger partial charge is 0.450 e. The Labute approximate surface area is 179 Å². The number of fused-ring (bicyclic) bond motifs is 2. The molecule has 8 heteroatoms. The molecule has 1 amide bonds. The van der Waals surface area contributed by atoms with Crippen LogP contribution in [0, 0.1) is 5.82 Å². The van der Waals surface area contributed by atoms with Gasteiger partial charge in [-0.3, -0.25) is 14.5 Å². The smallest absolute Gasteiger partial charge is 0.296 e. The zero-order valence-electron chi connectivity index (χ0n) is 15.1. The Hall–Kier alpha value is -3.22. The number of pyridine rings is 1. The molecular formula is C22H11Cl2FN2O3. The minimum atomic E-state index is -0.860. The average Bonchev–Trinajstić information content (AvgIpc) is 3.04. The second-order valence-corrected chi connectivity index (χ2v) is 7.57. The molecule has 2 aromatic carbocycles. The van der Waals surface area contributed by atoms with Crippen molar-refractivity contribution < 1.29 is 13.6 Å². The Morgan fingerprint density at radius 3 is 2.57 bits per heavy atom. The Morgan fingerprint density at radius 2 is 1.83 bits per heavy atom. The van der Waals surface area contributed by atoms with Gasteiger partial charge in [0.15, 0.2) is 5.43 Å². The molecule has 1 atom stereocenters. The highest BCUT2D eigenvalue weighted by atomic mass is 35.5. The standard InChI is InChI=1S/C22H11Cl2FN2O3/c23-14-6-4-11(9-15(14)24)19-18-20(28)13-10-12(25)5-7-16(13)30-21(18)22(29)27(19)17-3-1-2-8-26-17/h1-10,19H/t19-/m1/s1. The van der Waals surface area contributed by atoms with Crippen LogP contribution in [0.25, 0.3) is 11.0 Å². The van der Waals surface area contributed by atoms with Crippen LogP contribution in [-0.2, 0) is 0 Å². The fourth-order valence-electron chi connectivity index (χ4n) is 3.68. The molecule has 5 nitrogen and oxygen atoms in total. The fourth-order valence-corrected chi connectivity index (χ4v) is 3.98. The number of carbonyl (C=O) groups excluding carboxylic acids is 1. The molecule has 0 fully saturated rings. The molecule has 0 unspecified atom stereocenters. The van der Waals surface area contributed by atoms with Crippen molar-refractivity contribution in [3.05, 3.63) is 104 Å². The van der Waals surface area contributed by atoms with Crippen LogP contribution >= 0.6 is 23.2 Å². The third kappa shape index (κ3) is 2.80. The molecule has 1 aliphatic rings. The summed E-state index contributed by atoms with van der Waals surface area (Å²) in [7, 11) is 0. The van der Waals surface area contributed by atoms with Crippen molar-refractivity contribution in [2.45, 2.75) is 6.04 Å². The number of hydrogen-bond acceptors (Lipinski definition) is 4. The quantitative estimate of drug-likeness (QED) is 0.419. The van der Waals surface area contributed by atoms with E-state index in [1.807, 2.05) is 0 Å². The van der Waals surface area contributed by atoms with Crippen LogP contribution in [0.1, 0.15) is 27.7 Å². The Bertz CT molecular complexity index is 1390. The molecule has 0 radical (unpaired) electrons. The number of amides is 1. The van der Waals surface area contributed by atoms with Gasteiger partial charge < -0.3 is 4.42 Å². The molecule has 30 heavy (non-hydrogen) atoms. The third-order valence-electron chi connectivity index (χ3n) is 4.99. The van der Waals surface area contributed by atoms with Gasteiger partial charge in [-0.25, -0.2) is 9.37 Å². The fraction of sp³-hybridized carbons (Fsp3) is 0.0455. The van der Waals surface area contributed by atoms with E-state index in [9.17, 15) is 14.0 Å². The molecule has 0 saturated heterocycles. The SMILES string of the molecule is O=C1c2oc3ccc(F)cc3c(=O)c2[C@@H](c2ccc(Cl)c(Cl)c2)N1c1ccccn1. The summed E-state index contributed by atoms with van der Waals surface area (Å²) in [4.78, 5) is 32.3. The predicted octanol–water partition coefficient (Wildman–Crippen LogP) is 5.38. The van der Waals surface area contributed by atoms with E-state index in [2.05, 4.69) is 4.98 Å². The summed E-state index contributed by atoms with van der Waals surface area (Å²) in [6, 6.07) is 12.7. The predicted molar refractivity (Wildman–Crippen MR) is 112 cm³/mol. The van der Waals surface area contributed by atoms with Crippen LogP contribution in [0.3, 0.4) is 0 Å². The molecule has 0 spiro atoms. The number of aromatic nitrogens is 1. The van der Waals surface area contributed by atoms with Crippen molar-refractivity contribution in [3.8, 4) is 0 Å². The zero-order valence-corrected chi connectivity index (χ0v) is 16.6. The molecule has 0 saturated carbocycles. The first-order valence-electron chi connectivity index (χ1n) is 8.91. The van der Waals surface area contributed by atoms with Gasteiger partial charge in [0.1, 0.15) is 17.2 Å². The van der Waals surface area contributed by atoms with E-state index < -0.39 is 23.2 Å². The lowest BCUT2D eigenvalue weighted by Gasteiger charge is -2.24. The number of rotatable bonds is 2. The second-order valence-electron chi connectivity index (χ2n) is 6.75. The van der Waals surface area contributed by atoms with E-state index in [-0.39, 0.29) is 27.3 Å². The van der Waals surface area contributed by atoms with Gasteiger partial charge in [-0.05, 0) is 48.0 Å². The number of halogens is 3. The second kappa shape index (κ2) is 6.93. The van der Waals surface area contributed by atoms with Crippen LogP contribution in [0.4, 0.5) is 10.2 Å². The summed E-state index contributed by atoms with van der Waals surface area (Å²) in [6.45, 7) is 0. The van der Waals surface area contributed by atoms with Crippen LogP contribution in [0.5, 0.6) is 0 Å². The average molecular weight is 441 g/mol. The molecule has 5 rings (SSSR count). The number of benzene rings is 2. The molecule has 0 aliphatic carbocycles. The Morgan fingerprint density at radius 1 is 1.00 bits per heavy atom. The van der Waals surface area contributed by atoms with Gasteiger partial charge in [-0.1, -0.05) is 35.3 Å². The van der Waals surface area contributed by atoms with E-state index in [1.54, 1.807) is 42.6 Å². The van der Waals surface area contributed by atoms with Gasteiger partial charge in [-0.15, -0.1) is 0 Å². The number of carbonyl (C=O) groups is 1. The molecule has 3 heterocycles. The number of hydrogen-bond donors (Lipinski definition) is 0. The van der Waals surface area contributed by atoms with E-state index in [0.717, 1.165) is 6.07 Å². The Balaban J connectivity index is 1.84. The van der Waals surface area contributed by atoms with Crippen molar-refractivity contribution in [1.29, 1.82) is 0 Å². The molecular weight excluding hydrogens is 430 g/mol. The summed E-state index contributed by atoms with van der Waals surface area (Å²) >= 11 is 12.3. The maximum absolute atomic E-state index is 13.8. The summed E-state index contributed by atoms with van der Waals surface area (Å²) in [6.07, 6.45) is 1.54. The maximum Gasteiger partial charge on any atom is 0.296 e. The van der Waals surface area contributed by atoms with Gasteiger partial charge in [-0.2, -0.15) is 0 Å². The minimum Gasteiger partial charge on any atom is -0.450 e. The molecule has 1 aliphatic heterocycles. The first kappa shape index (κ1) is 18.8. The number of anilines is 1. The summed E-state index contributed by atoms with van der Waals surface area (Å²) in [5, 5.41) is 0.656. The molecule has 148 valence electrons. The summed E-state index contributed by atoms with van der Waals surface area (Å²) in [5.41, 5.74) is 0.283. The topological polar surface area (TPSA) is 63.4 Å². The van der Waals surface area contributed by atoms with Gasteiger partial charge >= 0.3 is 0 Å². The maximum atomic E-state index is 13.8. The highest BCUT2D eigenvalue weighted by molar-refractivity contribution is 6.42. The van der Waals surface area contributed by atoms with Gasteiger partial charge in [0.2, 0.25) is 5.76 Å². The first-order chi connectivity index (χ1) is 14.5. The van der Waals surface area contributed by atoms with Crippen LogP contribution in [0.15, 0.2) is 70.0 Å². The van der Waals surface area contributed by atoms with Crippen molar-refractivity contribution >= 4 is 45.9 Å². The molecule has 0 N–H and O–H groups in total. The first-order valence-corrected chi connectivity index (χ1v) is 9.67. The summed E-state index contributed by atoms with van der Waals surface area (Å²) < 4.78 is 19.6. The zero-order chi connectivity index (χ0) is 21.0. The van der Waals surface area contributed by atoms with Crippen LogP contribution in [0.2, 0.25) is 10.0 Å². The molecule has 2 aromatic heterocycles. The molecule has 4 aromatic rings. The number of nitrogens with zero attached hydrogens (tertiary/aromatic N) is 2. The monoisotopic (exact) mass is 440 g/mol. The van der Waals surface area contributed by atoms with Crippen molar-refractivity contribution in [2.24, 2.45) is 0 Å².